The summed E-state index contributed by atoms with van der Waals surface area (Å²) in [6, 6.07) is 0.00803. The molecular formula is C7H17N3OS. The van der Waals surface area contributed by atoms with Crippen molar-refractivity contribution in [2.75, 3.05) is 18.9 Å². The molecule has 0 saturated heterocycles. The van der Waals surface area contributed by atoms with Crippen LogP contribution in [0.1, 0.15) is 13.3 Å². The maximum atomic E-state index is 8.81. The van der Waals surface area contributed by atoms with Gasteiger partial charge in [0.25, 0.3) is 0 Å². The topological polar surface area (TPSA) is 70.6 Å². The van der Waals surface area contributed by atoms with Gasteiger partial charge in [-0.3, -0.25) is 4.99 Å². The van der Waals surface area contributed by atoms with E-state index in [1.54, 1.807) is 0 Å². The molecule has 1 atom stereocenters. The Kier molecular flexibility index (Phi) is 6.99. The molecule has 4 nitrogen and oxygen atoms in total. The molecule has 72 valence electrons. The Labute approximate surface area is 78.7 Å². The summed E-state index contributed by atoms with van der Waals surface area (Å²) >= 11 is 3.99. The Bertz CT molecular complexity index is 137. The molecule has 5 heteroatoms. The second kappa shape index (κ2) is 7.24. The van der Waals surface area contributed by atoms with Crippen LogP contribution < -0.4 is 11.1 Å². The van der Waals surface area contributed by atoms with Gasteiger partial charge in [0.05, 0.1) is 19.2 Å². The highest BCUT2D eigenvalue weighted by Gasteiger charge is 2.03. The minimum absolute atomic E-state index is 0.00803. The third-order valence-corrected chi connectivity index (χ3v) is 1.65. The summed E-state index contributed by atoms with van der Waals surface area (Å²) in [4.78, 5) is 3.97. The smallest absolute Gasteiger partial charge is 0.188 e. The molecular weight excluding hydrogens is 174 g/mol. The van der Waals surface area contributed by atoms with Gasteiger partial charge in [-0.25, -0.2) is 0 Å². The van der Waals surface area contributed by atoms with Gasteiger partial charge >= 0.3 is 0 Å². The molecule has 0 aliphatic heterocycles. The van der Waals surface area contributed by atoms with Gasteiger partial charge in [0, 0.05) is 5.75 Å². The molecule has 0 fully saturated rings. The second-order valence-corrected chi connectivity index (χ2v) is 2.87. The lowest BCUT2D eigenvalue weighted by molar-refractivity contribution is 0.252. The van der Waals surface area contributed by atoms with E-state index in [9.17, 15) is 0 Å². The van der Waals surface area contributed by atoms with Crippen molar-refractivity contribution in [2.45, 2.75) is 19.4 Å². The lowest BCUT2D eigenvalue weighted by atomic mass is 10.2. The van der Waals surface area contributed by atoms with Crippen molar-refractivity contribution in [1.29, 1.82) is 0 Å². The van der Waals surface area contributed by atoms with Gasteiger partial charge < -0.3 is 16.2 Å². The molecule has 0 bridgehead atoms. The highest BCUT2D eigenvalue weighted by atomic mass is 32.1. The fraction of sp³-hybridized carbons (Fsp3) is 0.857. The summed E-state index contributed by atoms with van der Waals surface area (Å²) in [5.74, 6) is 1.06. The maximum Gasteiger partial charge on any atom is 0.188 e. The number of nitrogens with one attached hydrogen (secondary N) is 1. The first kappa shape index (κ1) is 11.6. The quantitative estimate of drug-likeness (QED) is 0.271. The van der Waals surface area contributed by atoms with Crippen molar-refractivity contribution in [1.82, 2.24) is 5.32 Å². The van der Waals surface area contributed by atoms with E-state index in [1.807, 2.05) is 6.92 Å². The minimum atomic E-state index is 0.00803. The van der Waals surface area contributed by atoms with E-state index in [4.69, 9.17) is 10.8 Å². The summed E-state index contributed by atoms with van der Waals surface area (Å²) in [5.41, 5.74) is 5.51. The number of thiol groups is 1. The number of aliphatic hydroxyl groups excluding tert-OH is 1. The van der Waals surface area contributed by atoms with Gasteiger partial charge in [-0.1, -0.05) is 6.92 Å². The number of aliphatic hydroxyl groups is 1. The van der Waals surface area contributed by atoms with E-state index in [0.29, 0.717) is 18.3 Å². The number of hydrogen-bond acceptors (Lipinski definition) is 3. The fourth-order valence-electron chi connectivity index (χ4n) is 0.702. The van der Waals surface area contributed by atoms with Gasteiger partial charge in [-0.2, -0.15) is 12.6 Å². The lowest BCUT2D eigenvalue weighted by Crippen LogP contribution is -2.41. The highest BCUT2D eigenvalue weighted by Crippen LogP contribution is 1.87. The zero-order valence-electron chi connectivity index (χ0n) is 7.32. The third-order valence-electron chi connectivity index (χ3n) is 1.45. The van der Waals surface area contributed by atoms with E-state index in [-0.39, 0.29) is 12.6 Å². The molecule has 0 aromatic heterocycles. The van der Waals surface area contributed by atoms with Crippen LogP contribution >= 0.6 is 12.6 Å². The molecule has 0 aromatic carbocycles. The van der Waals surface area contributed by atoms with Crippen molar-refractivity contribution in [2.24, 2.45) is 10.7 Å². The molecule has 1 unspecified atom stereocenters. The normalized spacial score (nSPS) is 14.4. The Balaban J connectivity index is 3.71. The zero-order chi connectivity index (χ0) is 9.40. The predicted molar refractivity (Wildman–Crippen MR) is 54.6 cm³/mol. The minimum Gasteiger partial charge on any atom is -0.394 e. The van der Waals surface area contributed by atoms with Crippen LogP contribution in [0, 0.1) is 0 Å². The SMILES string of the molecule is CCC(CO)NC(N)=NCCS. The number of nitrogens with zero attached hydrogens (tertiary/aromatic N) is 1. The van der Waals surface area contributed by atoms with Crippen molar-refractivity contribution < 1.29 is 5.11 Å². The van der Waals surface area contributed by atoms with Crippen LogP contribution in [-0.2, 0) is 0 Å². The summed E-state index contributed by atoms with van der Waals surface area (Å²) in [5, 5.41) is 11.7. The number of hydrogen-bond donors (Lipinski definition) is 4. The number of rotatable bonds is 5. The molecule has 0 heterocycles. The Morgan fingerprint density at radius 2 is 2.42 bits per heavy atom. The van der Waals surface area contributed by atoms with Crippen LogP contribution in [0.25, 0.3) is 0 Å². The summed E-state index contributed by atoms with van der Waals surface area (Å²) < 4.78 is 0. The van der Waals surface area contributed by atoms with Gasteiger partial charge in [-0.15, -0.1) is 0 Å². The van der Waals surface area contributed by atoms with E-state index >= 15 is 0 Å². The van der Waals surface area contributed by atoms with Crippen molar-refractivity contribution in [3.8, 4) is 0 Å². The van der Waals surface area contributed by atoms with Crippen molar-refractivity contribution in [3.63, 3.8) is 0 Å². The molecule has 12 heavy (non-hydrogen) atoms. The van der Waals surface area contributed by atoms with Crippen LogP contribution in [0.2, 0.25) is 0 Å². The predicted octanol–water partition coefficient (Wildman–Crippen LogP) is -0.409. The first-order chi connectivity index (χ1) is 5.74. The average molecular weight is 191 g/mol. The second-order valence-electron chi connectivity index (χ2n) is 2.42. The van der Waals surface area contributed by atoms with Gasteiger partial charge in [0.2, 0.25) is 0 Å². The Morgan fingerprint density at radius 3 is 2.83 bits per heavy atom. The summed E-state index contributed by atoms with van der Waals surface area (Å²) in [6.07, 6.45) is 0.827. The number of aliphatic imine (C=N–C) groups is 1. The zero-order valence-corrected chi connectivity index (χ0v) is 8.22. The highest BCUT2D eigenvalue weighted by molar-refractivity contribution is 7.80. The molecule has 0 spiro atoms. The van der Waals surface area contributed by atoms with Crippen LogP contribution in [0.3, 0.4) is 0 Å². The molecule has 0 saturated carbocycles. The van der Waals surface area contributed by atoms with Crippen LogP contribution in [-0.4, -0.2) is 36.0 Å². The summed E-state index contributed by atoms with van der Waals surface area (Å²) in [6.45, 7) is 2.65. The third kappa shape index (κ3) is 5.26. The van der Waals surface area contributed by atoms with Gasteiger partial charge in [0.1, 0.15) is 0 Å². The van der Waals surface area contributed by atoms with Crippen LogP contribution in [0.5, 0.6) is 0 Å². The Morgan fingerprint density at radius 1 is 1.75 bits per heavy atom. The molecule has 0 aliphatic rings. The number of nitrogens with two attached hydrogens (primary N) is 1. The van der Waals surface area contributed by atoms with Crippen molar-refractivity contribution in [3.05, 3.63) is 0 Å². The van der Waals surface area contributed by atoms with E-state index < -0.39 is 0 Å². The Hall–Kier alpha value is -0.420. The standard InChI is InChI=1S/C7H17N3OS/c1-2-6(5-11)10-7(8)9-3-4-12/h6,11-12H,2-5H2,1H3,(H3,8,9,10). The van der Waals surface area contributed by atoms with Crippen molar-refractivity contribution >= 4 is 18.6 Å². The maximum absolute atomic E-state index is 8.81. The first-order valence-electron chi connectivity index (χ1n) is 4.02. The summed E-state index contributed by atoms with van der Waals surface area (Å²) in [7, 11) is 0. The van der Waals surface area contributed by atoms with E-state index in [1.165, 1.54) is 0 Å². The van der Waals surface area contributed by atoms with E-state index in [2.05, 4.69) is 22.9 Å². The largest absolute Gasteiger partial charge is 0.394 e. The van der Waals surface area contributed by atoms with Crippen LogP contribution in [0.15, 0.2) is 4.99 Å². The molecule has 0 aliphatic carbocycles. The molecule has 4 N–H and O–H groups in total. The van der Waals surface area contributed by atoms with Gasteiger partial charge in [-0.05, 0) is 6.42 Å². The first-order valence-corrected chi connectivity index (χ1v) is 4.66. The molecule has 0 aromatic rings. The van der Waals surface area contributed by atoms with E-state index in [0.717, 1.165) is 6.42 Å². The van der Waals surface area contributed by atoms with Gasteiger partial charge in [0.15, 0.2) is 5.96 Å². The lowest BCUT2D eigenvalue weighted by Gasteiger charge is -2.13. The van der Waals surface area contributed by atoms with Crippen LogP contribution in [0.4, 0.5) is 0 Å². The number of guanidine groups is 1. The monoisotopic (exact) mass is 191 g/mol. The molecule has 0 radical (unpaired) electrons. The molecule has 0 rings (SSSR count). The average Bonchev–Trinajstić information content (AvgIpc) is 2.10. The fourth-order valence-corrected chi connectivity index (χ4v) is 0.802. The molecule has 0 amide bonds.